The van der Waals surface area contributed by atoms with Crippen LogP contribution in [-0.4, -0.2) is 35.2 Å². The monoisotopic (exact) mass is 388 g/mol. The topological polar surface area (TPSA) is 66.5 Å². The van der Waals surface area contributed by atoms with E-state index in [1.165, 1.54) is 4.90 Å². The fourth-order valence-corrected chi connectivity index (χ4v) is 2.56. The largest absolute Gasteiger partial charge is 0.318 e. The fourth-order valence-electron chi connectivity index (χ4n) is 1.78. The molecular weight excluding hydrogens is 380 g/mol. The van der Waals surface area contributed by atoms with Gasteiger partial charge in [0.15, 0.2) is 0 Å². The van der Waals surface area contributed by atoms with Gasteiger partial charge in [-0.3, -0.25) is 19.7 Å². The highest BCUT2D eigenvalue weighted by atomic mass is 79.9. The molecule has 0 bridgehead atoms. The number of halogens is 2. The van der Waals surface area contributed by atoms with Crippen LogP contribution in [0, 0.1) is 0 Å². The molecule has 1 atom stereocenters. The molecule has 1 aliphatic rings. The fraction of sp³-hybridized carbons (Fsp3) is 0.250. The molecule has 0 spiro atoms. The third kappa shape index (κ3) is 2.87. The number of nitrogens with one attached hydrogen (secondary N) is 1. The summed E-state index contributed by atoms with van der Waals surface area (Å²) in [6.07, 6.45) is 0. The zero-order valence-corrected chi connectivity index (χ0v) is 13.1. The molecule has 3 amide bonds. The molecule has 0 aliphatic carbocycles. The van der Waals surface area contributed by atoms with Gasteiger partial charge < -0.3 is 4.90 Å². The van der Waals surface area contributed by atoms with Gasteiger partial charge in [-0.25, -0.2) is 0 Å². The zero-order valence-electron chi connectivity index (χ0n) is 9.94. The number of rotatable bonds is 1. The Kier molecular flexibility index (Phi) is 4.05. The van der Waals surface area contributed by atoms with Crippen LogP contribution in [0.2, 0.25) is 0 Å². The molecule has 0 radical (unpaired) electrons. The van der Waals surface area contributed by atoms with Crippen molar-refractivity contribution >= 4 is 49.6 Å². The molecule has 1 saturated heterocycles. The number of carbonyl (C=O) groups is 3. The van der Waals surface area contributed by atoms with E-state index in [9.17, 15) is 14.4 Å². The predicted molar refractivity (Wildman–Crippen MR) is 75.5 cm³/mol. The molecule has 1 aromatic carbocycles. The molecule has 1 unspecified atom stereocenters. The molecule has 0 aromatic heterocycles. The van der Waals surface area contributed by atoms with Crippen molar-refractivity contribution in [3.05, 3.63) is 32.7 Å². The maximum Gasteiger partial charge on any atom is 0.256 e. The van der Waals surface area contributed by atoms with Gasteiger partial charge in [-0.15, -0.1) is 0 Å². The summed E-state index contributed by atoms with van der Waals surface area (Å²) in [4.78, 5) is 36.6. The van der Waals surface area contributed by atoms with Crippen LogP contribution in [0.4, 0.5) is 0 Å². The second kappa shape index (κ2) is 5.42. The second-order valence-corrected chi connectivity index (χ2v) is 5.92. The minimum absolute atomic E-state index is 0.120. The molecule has 2 rings (SSSR count). The smallest absolute Gasteiger partial charge is 0.256 e. The van der Waals surface area contributed by atoms with Crippen molar-refractivity contribution in [3.8, 4) is 0 Å². The Hall–Kier alpha value is -1.21. The molecule has 1 aromatic rings. The maximum atomic E-state index is 12.4. The Morgan fingerprint density at radius 1 is 1.37 bits per heavy atom. The van der Waals surface area contributed by atoms with Gasteiger partial charge in [0, 0.05) is 8.95 Å². The quantitative estimate of drug-likeness (QED) is 0.743. The number of hydrogen-bond donors (Lipinski definition) is 1. The maximum absolute atomic E-state index is 12.4. The lowest BCUT2D eigenvalue weighted by Crippen LogP contribution is -2.58. The van der Waals surface area contributed by atoms with Crippen LogP contribution < -0.4 is 5.32 Å². The van der Waals surface area contributed by atoms with E-state index in [0.717, 1.165) is 4.47 Å². The van der Waals surface area contributed by atoms with Crippen molar-refractivity contribution in [2.75, 3.05) is 6.54 Å². The highest BCUT2D eigenvalue weighted by Crippen LogP contribution is 2.24. The van der Waals surface area contributed by atoms with Gasteiger partial charge in [-0.1, -0.05) is 15.9 Å². The van der Waals surface area contributed by atoms with E-state index in [-0.39, 0.29) is 12.5 Å². The highest BCUT2D eigenvalue weighted by molar-refractivity contribution is 9.11. The highest BCUT2D eigenvalue weighted by Gasteiger charge is 2.34. The number of piperazine rings is 1. The third-order valence-corrected chi connectivity index (χ3v) is 4.03. The minimum Gasteiger partial charge on any atom is -0.318 e. The minimum atomic E-state index is -0.670. The predicted octanol–water partition coefficient (Wildman–Crippen LogP) is 1.70. The van der Waals surface area contributed by atoms with Crippen LogP contribution in [0.15, 0.2) is 27.1 Å². The third-order valence-electron chi connectivity index (χ3n) is 2.84. The van der Waals surface area contributed by atoms with Crippen LogP contribution >= 0.6 is 31.9 Å². The Morgan fingerprint density at radius 2 is 2.05 bits per heavy atom. The molecule has 0 saturated carbocycles. The first-order valence-electron chi connectivity index (χ1n) is 5.50. The van der Waals surface area contributed by atoms with Crippen LogP contribution in [-0.2, 0) is 9.59 Å². The molecule has 1 heterocycles. The number of carbonyl (C=O) groups excluding carboxylic acids is 3. The first-order valence-corrected chi connectivity index (χ1v) is 7.08. The van der Waals surface area contributed by atoms with E-state index in [4.69, 9.17) is 0 Å². The van der Waals surface area contributed by atoms with Crippen molar-refractivity contribution in [2.24, 2.45) is 0 Å². The summed E-state index contributed by atoms with van der Waals surface area (Å²) < 4.78 is 1.37. The summed E-state index contributed by atoms with van der Waals surface area (Å²) in [6.45, 7) is 1.47. The first kappa shape index (κ1) is 14.2. The molecule has 7 heteroatoms. The average molecular weight is 390 g/mol. The summed E-state index contributed by atoms with van der Waals surface area (Å²) in [5.74, 6) is -1.29. The Bertz CT molecular complexity index is 574. The zero-order chi connectivity index (χ0) is 14.2. The molecule has 100 valence electrons. The average Bonchev–Trinajstić information content (AvgIpc) is 2.36. The van der Waals surface area contributed by atoms with E-state index in [0.29, 0.717) is 10.0 Å². The van der Waals surface area contributed by atoms with Crippen LogP contribution in [0.5, 0.6) is 0 Å². The van der Waals surface area contributed by atoms with Gasteiger partial charge in [-0.05, 0) is 41.1 Å². The first-order chi connectivity index (χ1) is 8.90. The van der Waals surface area contributed by atoms with Gasteiger partial charge in [0.05, 0.1) is 5.56 Å². The standard InChI is InChI=1S/C12H10Br2N2O3/c1-6-11(18)15-10(17)5-16(6)12(19)8-4-7(13)2-3-9(8)14/h2-4,6H,5H2,1H3,(H,15,17,18). The normalized spacial score (nSPS) is 19.3. The molecule has 1 fully saturated rings. The van der Waals surface area contributed by atoms with Gasteiger partial charge in [-0.2, -0.15) is 0 Å². The Labute approximate surface area is 126 Å². The summed E-state index contributed by atoms with van der Waals surface area (Å²) in [5.41, 5.74) is 0.406. The molecule has 1 N–H and O–H groups in total. The Balaban J connectivity index is 2.35. The van der Waals surface area contributed by atoms with Crippen LogP contribution in [0.25, 0.3) is 0 Å². The van der Waals surface area contributed by atoms with E-state index in [1.54, 1.807) is 25.1 Å². The van der Waals surface area contributed by atoms with Gasteiger partial charge >= 0.3 is 0 Å². The molecule has 1 aliphatic heterocycles. The summed E-state index contributed by atoms with van der Waals surface area (Å²) in [5, 5.41) is 2.20. The second-order valence-electron chi connectivity index (χ2n) is 4.15. The lowest BCUT2D eigenvalue weighted by Gasteiger charge is -2.31. The molecular formula is C12H10Br2N2O3. The Morgan fingerprint density at radius 3 is 2.74 bits per heavy atom. The van der Waals surface area contributed by atoms with E-state index in [2.05, 4.69) is 37.2 Å². The summed E-state index contributed by atoms with van der Waals surface area (Å²) >= 11 is 6.58. The number of amides is 3. The van der Waals surface area contributed by atoms with Crippen molar-refractivity contribution in [2.45, 2.75) is 13.0 Å². The molecule has 19 heavy (non-hydrogen) atoms. The SMILES string of the molecule is CC1C(=O)NC(=O)CN1C(=O)c1cc(Br)ccc1Br. The van der Waals surface area contributed by atoms with Gasteiger partial charge in [0.25, 0.3) is 5.91 Å². The van der Waals surface area contributed by atoms with Gasteiger partial charge in [0.2, 0.25) is 11.8 Å². The number of imide groups is 1. The van der Waals surface area contributed by atoms with Crippen molar-refractivity contribution in [3.63, 3.8) is 0 Å². The van der Waals surface area contributed by atoms with E-state index >= 15 is 0 Å². The molecule has 5 nitrogen and oxygen atoms in total. The lowest BCUT2D eigenvalue weighted by molar-refractivity contribution is -0.138. The summed E-state index contributed by atoms with van der Waals surface area (Å²) in [7, 11) is 0. The number of benzene rings is 1. The van der Waals surface area contributed by atoms with Crippen molar-refractivity contribution in [1.29, 1.82) is 0 Å². The lowest BCUT2D eigenvalue weighted by atomic mass is 10.1. The van der Waals surface area contributed by atoms with Crippen molar-refractivity contribution in [1.82, 2.24) is 10.2 Å². The van der Waals surface area contributed by atoms with Crippen molar-refractivity contribution < 1.29 is 14.4 Å². The van der Waals surface area contributed by atoms with E-state index < -0.39 is 17.9 Å². The van der Waals surface area contributed by atoms with Crippen LogP contribution in [0.1, 0.15) is 17.3 Å². The van der Waals surface area contributed by atoms with Crippen LogP contribution in [0.3, 0.4) is 0 Å². The summed E-state index contributed by atoms with van der Waals surface area (Å²) in [6, 6.07) is 4.50. The van der Waals surface area contributed by atoms with E-state index in [1.807, 2.05) is 0 Å². The van der Waals surface area contributed by atoms with Gasteiger partial charge in [0.1, 0.15) is 12.6 Å². The number of nitrogens with zero attached hydrogens (tertiary/aromatic N) is 1. The number of hydrogen-bond acceptors (Lipinski definition) is 3.